The van der Waals surface area contributed by atoms with Gasteiger partial charge in [-0.3, -0.25) is 4.79 Å². The van der Waals surface area contributed by atoms with E-state index in [1.54, 1.807) is 35.4 Å². The first-order valence-electron chi connectivity index (χ1n) is 6.45. The van der Waals surface area contributed by atoms with Crippen LogP contribution in [0.1, 0.15) is 22.3 Å². The van der Waals surface area contributed by atoms with Crippen LogP contribution < -0.4 is 11.3 Å². The molecule has 0 aromatic carbocycles. The molecule has 0 aliphatic carbocycles. The number of hydrazine groups is 1. The summed E-state index contributed by atoms with van der Waals surface area (Å²) >= 11 is 7.74. The highest BCUT2D eigenvalue weighted by Gasteiger charge is 2.22. The predicted molar refractivity (Wildman–Crippen MR) is 86.6 cm³/mol. The third kappa shape index (κ3) is 3.72. The van der Waals surface area contributed by atoms with Gasteiger partial charge in [-0.05, 0) is 30.5 Å². The van der Waals surface area contributed by atoms with E-state index in [2.05, 4.69) is 16.5 Å². The number of rotatable bonds is 5. The molecule has 0 bridgehead atoms. The highest BCUT2D eigenvalue weighted by Crippen LogP contribution is 2.20. The molecule has 0 fully saturated rings. The molecule has 0 spiro atoms. The van der Waals surface area contributed by atoms with Crippen molar-refractivity contribution in [2.24, 2.45) is 5.84 Å². The maximum absolute atomic E-state index is 12.5. The van der Waals surface area contributed by atoms with E-state index < -0.39 is 0 Å². The number of carbonyl (C=O) groups excluding carboxylic acids is 1. The standard InChI is InChI=1S/C14H17ClN4OS/c1-9(8-10-4-3-7-21-10)19(2)14(20)13-11(15)5-6-12(17-13)18-16/h3-7,9H,8,16H2,1-2H3,(H,17,18). The second-order valence-corrected chi connectivity index (χ2v) is 6.16. The third-order valence-electron chi connectivity index (χ3n) is 3.25. The molecule has 7 heteroatoms. The lowest BCUT2D eigenvalue weighted by Gasteiger charge is -2.24. The largest absolute Gasteiger partial charge is 0.337 e. The molecule has 0 aliphatic rings. The Labute approximate surface area is 132 Å². The van der Waals surface area contributed by atoms with E-state index in [4.69, 9.17) is 17.4 Å². The summed E-state index contributed by atoms with van der Waals surface area (Å²) in [6.45, 7) is 2.00. The first-order chi connectivity index (χ1) is 10.0. The lowest BCUT2D eigenvalue weighted by atomic mass is 10.1. The van der Waals surface area contributed by atoms with Gasteiger partial charge in [-0.15, -0.1) is 11.3 Å². The van der Waals surface area contributed by atoms with Gasteiger partial charge in [0.05, 0.1) is 5.02 Å². The van der Waals surface area contributed by atoms with Crippen LogP contribution in [0.2, 0.25) is 5.02 Å². The van der Waals surface area contributed by atoms with Crippen molar-refractivity contribution in [2.45, 2.75) is 19.4 Å². The second kappa shape index (κ2) is 6.89. The molecule has 0 saturated heterocycles. The monoisotopic (exact) mass is 324 g/mol. The van der Waals surface area contributed by atoms with Gasteiger partial charge in [-0.25, -0.2) is 10.8 Å². The van der Waals surface area contributed by atoms with E-state index in [1.165, 1.54) is 4.88 Å². The summed E-state index contributed by atoms with van der Waals surface area (Å²) in [6, 6.07) is 7.33. The van der Waals surface area contributed by atoms with Gasteiger partial charge >= 0.3 is 0 Å². The summed E-state index contributed by atoms with van der Waals surface area (Å²) in [6.07, 6.45) is 0.798. The van der Waals surface area contributed by atoms with Crippen LogP contribution in [0.15, 0.2) is 29.6 Å². The lowest BCUT2D eigenvalue weighted by Crippen LogP contribution is -2.37. The fourth-order valence-corrected chi connectivity index (χ4v) is 2.91. The summed E-state index contributed by atoms with van der Waals surface area (Å²) < 4.78 is 0. The Balaban J connectivity index is 2.14. The molecule has 2 aromatic rings. The quantitative estimate of drug-likeness (QED) is 0.655. The first-order valence-corrected chi connectivity index (χ1v) is 7.71. The number of anilines is 1. The van der Waals surface area contributed by atoms with E-state index in [-0.39, 0.29) is 17.6 Å². The van der Waals surface area contributed by atoms with Crippen LogP contribution in [0.5, 0.6) is 0 Å². The number of halogens is 1. The average molecular weight is 325 g/mol. The van der Waals surface area contributed by atoms with Gasteiger partial charge in [0, 0.05) is 24.4 Å². The number of amides is 1. The van der Waals surface area contributed by atoms with Crippen molar-refractivity contribution in [3.05, 3.63) is 45.2 Å². The zero-order chi connectivity index (χ0) is 15.4. The molecule has 1 atom stereocenters. The van der Waals surface area contributed by atoms with E-state index >= 15 is 0 Å². The summed E-state index contributed by atoms with van der Waals surface area (Å²) in [5.41, 5.74) is 2.62. The molecule has 1 amide bonds. The van der Waals surface area contributed by atoms with Crippen LogP contribution in [0.3, 0.4) is 0 Å². The van der Waals surface area contributed by atoms with Crippen molar-refractivity contribution in [1.29, 1.82) is 0 Å². The lowest BCUT2D eigenvalue weighted by molar-refractivity contribution is 0.0738. The normalized spacial score (nSPS) is 12.0. The molecule has 2 aromatic heterocycles. The Morgan fingerprint density at radius 3 is 2.90 bits per heavy atom. The maximum Gasteiger partial charge on any atom is 0.274 e. The van der Waals surface area contributed by atoms with Gasteiger partial charge in [-0.1, -0.05) is 17.7 Å². The maximum atomic E-state index is 12.5. The Hall–Kier alpha value is -1.63. The van der Waals surface area contributed by atoms with Crippen LogP contribution in [0, 0.1) is 0 Å². The number of aromatic nitrogens is 1. The number of thiophene rings is 1. The highest BCUT2D eigenvalue weighted by atomic mass is 35.5. The van der Waals surface area contributed by atoms with E-state index in [0.717, 1.165) is 6.42 Å². The van der Waals surface area contributed by atoms with Crippen molar-refractivity contribution >= 4 is 34.7 Å². The molecule has 0 saturated carbocycles. The van der Waals surface area contributed by atoms with Crippen molar-refractivity contribution in [3.63, 3.8) is 0 Å². The summed E-state index contributed by atoms with van der Waals surface area (Å²) in [5.74, 6) is 5.50. The van der Waals surface area contributed by atoms with Gasteiger partial charge in [0.1, 0.15) is 11.5 Å². The van der Waals surface area contributed by atoms with Crippen LogP contribution >= 0.6 is 22.9 Å². The molecule has 112 valence electrons. The van der Waals surface area contributed by atoms with Gasteiger partial charge in [0.2, 0.25) is 0 Å². The summed E-state index contributed by atoms with van der Waals surface area (Å²) in [7, 11) is 1.75. The molecule has 1 unspecified atom stereocenters. The van der Waals surface area contributed by atoms with Gasteiger partial charge < -0.3 is 10.3 Å². The van der Waals surface area contributed by atoms with E-state index in [1.807, 2.05) is 18.4 Å². The minimum atomic E-state index is -0.221. The molecular weight excluding hydrogens is 308 g/mol. The van der Waals surface area contributed by atoms with Crippen molar-refractivity contribution < 1.29 is 4.79 Å². The first kappa shape index (κ1) is 15.8. The van der Waals surface area contributed by atoms with Crippen LogP contribution in [-0.2, 0) is 6.42 Å². The van der Waals surface area contributed by atoms with Gasteiger partial charge in [-0.2, -0.15) is 0 Å². The molecule has 0 radical (unpaired) electrons. The van der Waals surface area contributed by atoms with Crippen LogP contribution in [0.4, 0.5) is 5.82 Å². The topological polar surface area (TPSA) is 71.2 Å². The van der Waals surface area contributed by atoms with Gasteiger partial charge in [0.25, 0.3) is 5.91 Å². The second-order valence-electron chi connectivity index (χ2n) is 4.72. The average Bonchev–Trinajstić information content (AvgIpc) is 2.99. The zero-order valence-corrected chi connectivity index (χ0v) is 13.4. The fraction of sp³-hybridized carbons (Fsp3) is 0.286. The molecule has 0 aliphatic heterocycles. The van der Waals surface area contributed by atoms with E-state index in [0.29, 0.717) is 10.8 Å². The smallest absolute Gasteiger partial charge is 0.274 e. The van der Waals surface area contributed by atoms with Crippen LogP contribution in [0.25, 0.3) is 0 Å². The number of nitrogens with two attached hydrogens (primary N) is 1. The SMILES string of the molecule is CC(Cc1cccs1)N(C)C(=O)c1nc(NN)ccc1Cl. The minimum absolute atomic E-state index is 0.0449. The number of nitrogens with zero attached hydrogens (tertiary/aromatic N) is 2. The van der Waals surface area contributed by atoms with Crippen molar-refractivity contribution in [2.75, 3.05) is 12.5 Å². The Morgan fingerprint density at radius 1 is 1.52 bits per heavy atom. The third-order valence-corrected chi connectivity index (χ3v) is 4.46. The molecular formula is C14H17ClN4OS. The Kier molecular flexibility index (Phi) is 5.17. The molecule has 3 N–H and O–H groups in total. The molecule has 2 heterocycles. The van der Waals surface area contributed by atoms with Gasteiger partial charge in [0.15, 0.2) is 0 Å². The van der Waals surface area contributed by atoms with Crippen molar-refractivity contribution in [1.82, 2.24) is 9.88 Å². The summed E-state index contributed by atoms with van der Waals surface area (Å²) in [4.78, 5) is 19.5. The molecule has 5 nitrogen and oxygen atoms in total. The number of nitrogen functional groups attached to an aromatic ring is 1. The Bertz CT molecular complexity index is 617. The number of likely N-dealkylation sites (N-methyl/N-ethyl adjacent to an activating group) is 1. The molecule has 21 heavy (non-hydrogen) atoms. The van der Waals surface area contributed by atoms with E-state index in [9.17, 15) is 4.79 Å². The summed E-state index contributed by atoms with van der Waals surface area (Å²) in [5, 5.41) is 2.34. The minimum Gasteiger partial charge on any atom is -0.337 e. The highest BCUT2D eigenvalue weighted by molar-refractivity contribution is 7.09. The van der Waals surface area contributed by atoms with Crippen LogP contribution in [-0.4, -0.2) is 28.9 Å². The number of pyridine rings is 1. The Morgan fingerprint density at radius 2 is 2.29 bits per heavy atom. The van der Waals surface area contributed by atoms with Crippen molar-refractivity contribution in [3.8, 4) is 0 Å². The number of hydrogen-bond donors (Lipinski definition) is 2. The number of hydrogen-bond acceptors (Lipinski definition) is 5. The number of nitrogens with one attached hydrogen (secondary N) is 1. The predicted octanol–water partition coefficient (Wildman–Crippen LogP) is 2.79. The number of carbonyl (C=O) groups is 1. The fourth-order valence-electron chi connectivity index (χ4n) is 1.90. The zero-order valence-electron chi connectivity index (χ0n) is 11.8. The molecule has 2 rings (SSSR count).